The molecule has 3 heteroatoms. The number of hydrogen-bond donors (Lipinski definition) is 0. The molecule has 3 aromatic rings. The second-order valence-electron chi connectivity index (χ2n) is 5.55. The fourth-order valence-corrected chi connectivity index (χ4v) is 4.24. The van der Waals surface area contributed by atoms with Crippen LogP contribution in [0.15, 0.2) is 41.0 Å². The summed E-state index contributed by atoms with van der Waals surface area (Å²) in [5.41, 5.74) is 2.27. The summed E-state index contributed by atoms with van der Waals surface area (Å²) in [6.07, 6.45) is 8.45. The number of benzene rings is 1. The zero-order chi connectivity index (χ0) is 13.4. The molecule has 0 unspecified atom stereocenters. The number of fused-ring (bicyclic) bond motifs is 1. The van der Waals surface area contributed by atoms with Crippen LogP contribution in [-0.4, -0.2) is 4.98 Å². The van der Waals surface area contributed by atoms with E-state index in [9.17, 15) is 0 Å². The van der Waals surface area contributed by atoms with Gasteiger partial charge in [0.25, 0.3) is 0 Å². The Hall–Kier alpha value is -1.61. The molecular weight excluding hydrogens is 266 g/mol. The van der Waals surface area contributed by atoms with Crippen molar-refractivity contribution in [3.63, 3.8) is 0 Å². The normalized spacial score (nSPS) is 16.8. The van der Waals surface area contributed by atoms with Gasteiger partial charge in [0.15, 0.2) is 0 Å². The Morgan fingerprint density at radius 1 is 1.10 bits per heavy atom. The summed E-state index contributed by atoms with van der Waals surface area (Å²) in [5, 5.41) is 1.33. The third-order valence-electron chi connectivity index (χ3n) is 4.17. The first kappa shape index (κ1) is 12.2. The van der Waals surface area contributed by atoms with Gasteiger partial charge in [0.1, 0.15) is 5.76 Å². The lowest BCUT2D eigenvalue weighted by molar-refractivity contribution is 0.443. The Kier molecular flexibility index (Phi) is 3.07. The van der Waals surface area contributed by atoms with Gasteiger partial charge in [-0.2, -0.15) is 0 Å². The Bertz CT molecular complexity index is 708. The molecule has 0 bridgehead atoms. The van der Waals surface area contributed by atoms with Crippen LogP contribution in [0.3, 0.4) is 0 Å². The van der Waals surface area contributed by atoms with Gasteiger partial charge in [0.2, 0.25) is 0 Å². The molecule has 0 amide bonds. The van der Waals surface area contributed by atoms with Crippen molar-refractivity contribution in [2.75, 3.05) is 0 Å². The molecule has 0 spiro atoms. The summed E-state index contributed by atoms with van der Waals surface area (Å²) in [5.74, 6) is 1.62. The maximum Gasteiger partial charge on any atom is 0.133 e. The van der Waals surface area contributed by atoms with Crippen molar-refractivity contribution < 1.29 is 4.42 Å². The monoisotopic (exact) mass is 283 g/mol. The molecular formula is C17H17NOS. The topological polar surface area (TPSA) is 26.0 Å². The molecule has 1 aliphatic carbocycles. The van der Waals surface area contributed by atoms with Crippen molar-refractivity contribution in [2.24, 2.45) is 0 Å². The van der Waals surface area contributed by atoms with Crippen LogP contribution in [0.5, 0.6) is 0 Å². The Morgan fingerprint density at radius 2 is 2.00 bits per heavy atom. The minimum Gasteiger partial charge on any atom is -0.464 e. The lowest BCUT2D eigenvalue weighted by Crippen LogP contribution is -2.03. The van der Waals surface area contributed by atoms with E-state index in [1.165, 1.54) is 41.8 Å². The number of rotatable bonds is 2. The standard InChI is InChI=1S/C17H17NOS/c1-2-5-12(6-3-1)17-18-14-9-8-13(11-16(14)20-17)15-7-4-10-19-15/h4,7-12H,1-3,5-6H2. The minimum absolute atomic E-state index is 0.688. The molecule has 2 nitrogen and oxygen atoms in total. The van der Waals surface area contributed by atoms with E-state index >= 15 is 0 Å². The summed E-state index contributed by atoms with van der Waals surface area (Å²) >= 11 is 1.86. The van der Waals surface area contributed by atoms with Crippen molar-refractivity contribution in [1.82, 2.24) is 4.98 Å². The van der Waals surface area contributed by atoms with Crippen LogP contribution >= 0.6 is 11.3 Å². The molecule has 0 radical (unpaired) electrons. The quantitative estimate of drug-likeness (QED) is 0.611. The van der Waals surface area contributed by atoms with Gasteiger partial charge in [-0.3, -0.25) is 0 Å². The summed E-state index contributed by atoms with van der Waals surface area (Å²) < 4.78 is 6.75. The lowest BCUT2D eigenvalue weighted by atomic mass is 9.90. The van der Waals surface area contributed by atoms with Crippen LogP contribution in [0.25, 0.3) is 21.5 Å². The number of thiazole rings is 1. The van der Waals surface area contributed by atoms with Gasteiger partial charge in [-0.25, -0.2) is 4.98 Å². The van der Waals surface area contributed by atoms with E-state index in [-0.39, 0.29) is 0 Å². The molecule has 1 saturated carbocycles. The van der Waals surface area contributed by atoms with Gasteiger partial charge in [-0.05, 0) is 43.2 Å². The fraction of sp³-hybridized carbons (Fsp3) is 0.353. The summed E-state index contributed by atoms with van der Waals surface area (Å²) in [6, 6.07) is 10.4. The summed E-state index contributed by atoms with van der Waals surface area (Å²) in [4.78, 5) is 4.85. The average molecular weight is 283 g/mol. The first-order valence-electron chi connectivity index (χ1n) is 7.34. The molecule has 4 rings (SSSR count). The Labute approximate surface area is 122 Å². The molecule has 102 valence electrons. The van der Waals surface area contributed by atoms with Crippen molar-refractivity contribution in [1.29, 1.82) is 0 Å². The van der Waals surface area contributed by atoms with E-state index in [1.807, 2.05) is 23.5 Å². The number of aromatic nitrogens is 1. The molecule has 2 aromatic heterocycles. The average Bonchev–Trinajstić information content (AvgIpc) is 3.16. The highest BCUT2D eigenvalue weighted by Gasteiger charge is 2.19. The molecule has 1 aliphatic rings. The highest BCUT2D eigenvalue weighted by Crippen LogP contribution is 2.37. The molecule has 1 fully saturated rings. The number of nitrogens with zero attached hydrogens (tertiary/aromatic N) is 1. The summed E-state index contributed by atoms with van der Waals surface area (Å²) in [6.45, 7) is 0. The van der Waals surface area contributed by atoms with E-state index < -0.39 is 0 Å². The second kappa shape index (κ2) is 5.06. The maximum absolute atomic E-state index is 5.48. The minimum atomic E-state index is 0.688. The van der Waals surface area contributed by atoms with Gasteiger partial charge in [0, 0.05) is 11.5 Å². The molecule has 2 heterocycles. The largest absolute Gasteiger partial charge is 0.464 e. The maximum atomic E-state index is 5.48. The van der Waals surface area contributed by atoms with E-state index in [1.54, 1.807) is 6.26 Å². The third-order valence-corrected chi connectivity index (χ3v) is 5.35. The molecule has 0 aliphatic heterocycles. The van der Waals surface area contributed by atoms with Crippen LogP contribution < -0.4 is 0 Å². The number of hydrogen-bond acceptors (Lipinski definition) is 3. The van der Waals surface area contributed by atoms with Gasteiger partial charge >= 0.3 is 0 Å². The van der Waals surface area contributed by atoms with Crippen molar-refractivity contribution in [3.05, 3.63) is 41.6 Å². The van der Waals surface area contributed by atoms with E-state index in [0.29, 0.717) is 5.92 Å². The SMILES string of the molecule is c1coc(-c2ccc3nc(C4CCCCC4)sc3c2)c1. The second-order valence-corrected chi connectivity index (χ2v) is 6.61. The van der Waals surface area contributed by atoms with Gasteiger partial charge in [0.05, 0.1) is 21.5 Å². The smallest absolute Gasteiger partial charge is 0.133 e. The first-order chi connectivity index (χ1) is 9.90. The van der Waals surface area contributed by atoms with E-state index in [2.05, 4.69) is 18.2 Å². The Balaban J connectivity index is 1.72. The molecule has 0 atom stereocenters. The van der Waals surface area contributed by atoms with Gasteiger partial charge in [-0.1, -0.05) is 19.3 Å². The van der Waals surface area contributed by atoms with Crippen molar-refractivity contribution >= 4 is 21.6 Å². The van der Waals surface area contributed by atoms with Crippen LogP contribution in [0, 0.1) is 0 Å². The van der Waals surface area contributed by atoms with Gasteiger partial charge < -0.3 is 4.42 Å². The van der Waals surface area contributed by atoms with Crippen LogP contribution in [0.1, 0.15) is 43.0 Å². The van der Waals surface area contributed by atoms with Crippen molar-refractivity contribution in [2.45, 2.75) is 38.0 Å². The van der Waals surface area contributed by atoms with E-state index in [4.69, 9.17) is 9.40 Å². The predicted octanol–water partition coefficient (Wildman–Crippen LogP) is 5.60. The zero-order valence-electron chi connectivity index (χ0n) is 11.3. The fourth-order valence-electron chi connectivity index (χ4n) is 3.06. The highest BCUT2D eigenvalue weighted by atomic mass is 32.1. The molecule has 0 N–H and O–H groups in total. The summed E-state index contributed by atoms with van der Waals surface area (Å²) in [7, 11) is 0. The zero-order valence-corrected chi connectivity index (χ0v) is 12.2. The van der Waals surface area contributed by atoms with Crippen LogP contribution in [0.4, 0.5) is 0 Å². The van der Waals surface area contributed by atoms with Crippen LogP contribution in [0.2, 0.25) is 0 Å². The predicted molar refractivity (Wildman–Crippen MR) is 83.1 cm³/mol. The molecule has 20 heavy (non-hydrogen) atoms. The van der Waals surface area contributed by atoms with Crippen molar-refractivity contribution in [3.8, 4) is 11.3 Å². The highest BCUT2D eigenvalue weighted by molar-refractivity contribution is 7.18. The third kappa shape index (κ3) is 2.16. The molecule has 0 saturated heterocycles. The number of furan rings is 1. The van der Waals surface area contributed by atoms with E-state index in [0.717, 1.165) is 16.8 Å². The molecule has 1 aromatic carbocycles. The van der Waals surface area contributed by atoms with Crippen LogP contribution in [-0.2, 0) is 0 Å². The first-order valence-corrected chi connectivity index (χ1v) is 8.16. The van der Waals surface area contributed by atoms with Gasteiger partial charge in [-0.15, -0.1) is 11.3 Å². The lowest BCUT2D eigenvalue weighted by Gasteiger charge is -2.18. The Morgan fingerprint density at radius 3 is 2.80 bits per heavy atom.